The molecule has 0 atom stereocenters. The highest BCUT2D eigenvalue weighted by Crippen LogP contribution is 2.24. The Balaban J connectivity index is 2.47. The third-order valence-corrected chi connectivity index (χ3v) is 2.38. The second-order valence-electron chi connectivity index (χ2n) is 2.83. The van der Waals surface area contributed by atoms with Crippen molar-refractivity contribution in [2.45, 2.75) is 6.92 Å². The number of benzene rings is 1. The number of aromatic nitrogens is 2. The molecule has 1 aromatic heterocycles. The largest absolute Gasteiger partial charge is 0.333 e. The molecule has 0 aliphatic heterocycles. The summed E-state index contributed by atoms with van der Waals surface area (Å²) in [4.78, 5) is 3.88. The van der Waals surface area contributed by atoms with E-state index in [0.29, 0.717) is 10.9 Å². The lowest BCUT2D eigenvalue weighted by molar-refractivity contribution is 0.430. The summed E-state index contributed by atoms with van der Waals surface area (Å²) in [6.45, 7) is 1.92. The van der Waals surface area contributed by atoms with Gasteiger partial charge in [0, 0.05) is 10.6 Å². The van der Waals surface area contributed by atoms with Crippen LogP contribution < -0.4 is 0 Å². The average Bonchev–Trinajstić information content (AvgIpc) is 2.57. The first-order valence-electron chi connectivity index (χ1n) is 3.92. The smallest absolute Gasteiger partial charge is 0.264 e. The van der Waals surface area contributed by atoms with Gasteiger partial charge >= 0.3 is 0 Å². The fourth-order valence-electron chi connectivity index (χ4n) is 1.05. The summed E-state index contributed by atoms with van der Waals surface area (Å²) in [5.41, 5.74) is 1.76. The minimum Gasteiger partial charge on any atom is -0.333 e. The summed E-state index contributed by atoms with van der Waals surface area (Å²) in [5, 5.41) is 4.24. The molecule has 2 rings (SSSR count). The Morgan fingerprint density at radius 3 is 2.64 bits per heavy atom. The van der Waals surface area contributed by atoms with E-state index in [1.54, 1.807) is 6.07 Å². The van der Waals surface area contributed by atoms with Gasteiger partial charge in [0.25, 0.3) is 11.2 Å². The molecular weight excluding hydrogens is 223 g/mol. The predicted molar refractivity (Wildman–Crippen MR) is 54.5 cm³/mol. The van der Waals surface area contributed by atoms with E-state index in [1.807, 2.05) is 19.1 Å². The third-order valence-electron chi connectivity index (χ3n) is 1.82. The summed E-state index contributed by atoms with van der Waals surface area (Å²) >= 11 is 11.5. The van der Waals surface area contributed by atoms with Crippen molar-refractivity contribution in [2.24, 2.45) is 0 Å². The van der Waals surface area contributed by atoms with Crippen molar-refractivity contribution in [3.8, 4) is 11.5 Å². The van der Waals surface area contributed by atoms with E-state index in [0.717, 1.165) is 11.1 Å². The van der Waals surface area contributed by atoms with Crippen LogP contribution in [0.5, 0.6) is 0 Å². The Morgan fingerprint density at radius 1 is 1.29 bits per heavy atom. The topological polar surface area (TPSA) is 38.9 Å². The Morgan fingerprint density at radius 2 is 2.07 bits per heavy atom. The lowest BCUT2D eigenvalue weighted by atomic mass is 10.1. The van der Waals surface area contributed by atoms with E-state index in [-0.39, 0.29) is 5.28 Å². The zero-order valence-electron chi connectivity index (χ0n) is 7.29. The van der Waals surface area contributed by atoms with Gasteiger partial charge in [0.1, 0.15) is 0 Å². The second-order valence-corrected chi connectivity index (χ2v) is 3.58. The zero-order chi connectivity index (χ0) is 10.1. The van der Waals surface area contributed by atoms with Gasteiger partial charge < -0.3 is 4.52 Å². The minimum atomic E-state index is 0.0942. The molecular formula is C9H6Cl2N2O. The maximum Gasteiger partial charge on any atom is 0.264 e. The van der Waals surface area contributed by atoms with Crippen LogP contribution in [0, 0.1) is 6.92 Å². The van der Waals surface area contributed by atoms with Gasteiger partial charge in [0.05, 0.1) is 0 Å². The Kier molecular flexibility index (Phi) is 2.44. The summed E-state index contributed by atoms with van der Waals surface area (Å²) in [6, 6.07) is 5.50. The van der Waals surface area contributed by atoms with Crippen LogP contribution in [-0.2, 0) is 0 Å². The lowest BCUT2D eigenvalue weighted by Crippen LogP contribution is -1.80. The maximum absolute atomic E-state index is 5.95. The SMILES string of the molecule is Cc1ccc(-c2nc(Cl)no2)cc1Cl. The molecule has 1 aromatic carbocycles. The van der Waals surface area contributed by atoms with Gasteiger partial charge in [-0.1, -0.05) is 17.7 Å². The molecule has 0 saturated heterocycles. The van der Waals surface area contributed by atoms with Crippen molar-refractivity contribution < 1.29 is 4.52 Å². The number of nitrogens with zero attached hydrogens (tertiary/aromatic N) is 2. The molecule has 14 heavy (non-hydrogen) atoms. The fraction of sp³-hybridized carbons (Fsp3) is 0.111. The van der Waals surface area contributed by atoms with E-state index >= 15 is 0 Å². The fourth-order valence-corrected chi connectivity index (χ4v) is 1.34. The molecule has 0 fully saturated rings. The highest BCUT2D eigenvalue weighted by molar-refractivity contribution is 6.31. The lowest BCUT2D eigenvalue weighted by Gasteiger charge is -1.98. The Hall–Kier alpha value is -1.06. The molecule has 3 nitrogen and oxygen atoms in total. The van der Waals surface area contributed by atoms with Gasteiger partial charge in [-0.15, -0.1) is 0 Å². The molecule has 0 N–H and O–H groups in total. The number of hydrogen-bond acceptors (Lipinski definition) is 3. The first-order valence-corrected chi connectivity index (χ1v) is 4.68. The number of rotatable bonds is 1. The monoisotopic (exact) mass is 228 g/mol. The molecule has 0 aliphatic rings. The molecule has 0 bridgehead atoms. The standard InChI is InChI=1S/C9H6Cl2N2O/c1-5-2-3-6(4-7(5)10)8-12-9(11)13-14-8/h2-4H,1H3. The molecule has 1 heterocycles. The molecule has 0 amide bonds. The van der Waals surface area contributed by atoms with E-state index in [2.05, 4.69) is 10.1 Å². The highest BCUT2D eigenvalue weighted by atomic mass is 35.5. The van der Waals surface area contributed by atoms with Gasteiger partial charge in [-0.25, -0.2) is 0 Å². The zero-order valence-corrected chi connectivity index (χ0v) is 8.80. The van der Waals surface area contributed by atoms with Crippen LogP contribution in [0.4, 0.5) is 0 Å². The minimum absolute atomic E-state index is 0.0942. The van der Waals surface area contributed by atoms with Crippen LogP contribution in [-0.4, -0.2) is 10.1 Å². The Bertz CT molecular complexity index is 468. The van der Waals surface area contributed by atoms with Crippen LogP contribution in [0.15, 0.2) is 22.7 Å². The van der Waals surface area contributed by atoms with Crippen molar-refractivity contribution in [2.75, 3.05) is 0 Å². The normalized spacial score (nSPS) is 10.5. The summed E-state index contributed by atoms with van der Waals surface area (Å²) in [7, 11) is 0. The molecule has 5 heteroatoms. The summed E-state index contributed by atoms with van der Waals surface area (Å²) < 4.78 is 4.89. The molecule has 72 valence electrons. The van der Waals surface area contributed by atoms with Crippen molar-refractivity contribution in [3.05, 3.63) is 34.1 Å². The summed E-state index contributed by atoms with van der Waals surface area (Å²) in [6.07, 6.45) is 0. The quantitative estimate of drug-likeness (QED) is 0.752. The van der Waals surface area contributed by atoms with Crippen molar-refractivity contribution in [3.63, 3.8) is 0 Å². The number of hydrogen-bond donors (Lipinski definition) is 0. The van der Waals surface area contributed by atoms with Gasteiger partial charge in [0.2, 0.25) is 0 Å². The Labute approximate surface area is 90.6 Å². The highest BCUT2D eigenvalue weighted by Gasteiger charge is 2.07. The number of halogens is 2. The van der Waals surface area contributed by atoms with Gasteiger partial charge in [0.15, 0.2) is 0 Å². The first kappa shape index (κ1) is 9.49. The summed E-state index contributed by atoms with van der Waals surface area (Å²) in [5.74, 6) is 0.372. The van der Waals surface area contributed by atoms with Crippen molar-refractivity contribution in [1.29, 1.82) is 0 Å². The van der Waals surface area contributed by atoms with Gasteiger partial charge in [-0.3, -0.25) is 0 Å². The average molecular weight is 229 g/mol. The maximum atomic E-state index is 5.95. The van der Waals surface area contributed by atoms with Crippen LogP contribution >= 0.6 is 23.2 Å². The van der Waals surface area contributed by atoms with E-state index < -0.39 is 0 Å². The van der Waals surface area contributed by atoms with Crippen molar-refractivity contribution in [1.82, 2.24) is 10.1 Å². The van der Waals surface area contributed by atoms with Crippen LogP contribution in [0.1, 0.15) is 5.56 Å². The predicted octanol–water partition coefficient (Wildman–Crippen LogP) is 3.35. The van der Waals surface area contributed by atoms with Crippen LogP contribution in [0.2, 0.25) is 10.3 Å². The molecule has 0 unspecified atom stereocenters. The number of aryl methyl sites for hydroxylation is 1. The van der Waals surface area contributed by atoms with E-state index in [4.69, 9.17) is 27.7 Å². The van der Waals surface area contributed by atoms with Gasteiger partial charge in [-0.05, 0) is 41.4 Å². The van der Waals surface area contributed by atoms with Crippen LogP contribution in [0.3, 0.4) is 0 Å². The molecule has 0 saturated carbocycles. The van der Waals surface area contributed by atoms with Crippen molar-refractivity contribution >= 4 is 23.2 Å². The van der Waals surface area contributed by atoms with E-state index in [1.165, 1.54) is 0 Å². The van der Waals surface area contributed by atoms with Gasteiger partial charge in [-0.2, -0.15) is 4.98 Å². The molecule has 2 aromatic rings. The molecule has 0 radical (unpaired) electrons. The second kappa shape index (κ2) is 3.59. The first-order chi connectivity index (χ1) is 6.66. The molecule has 0 aliphatic carbocycles. The van der Waals surface area contributed by atoms with Crippen LogP contribution in [0.25, 0.3) is 11.5 Å². The molecule has 0 spiro atoms. The van der Waals surface area contributed by atoms with E-state index in [9.17, 15) is 0 Å². The third kappa shape index (κ3) is 1.74.